The van der Waals surface area contributed by atoms with Crippen molar-refractivity contribution in [3.05, 3.63) is 59.7 Å². The molecule has 3 fully saturated rings. The molecular formula is C29H37F5O2. The summed E-state index contributed by atoms with van der Waals surface area (Å²) >= 11 is 0. The molecule has 3 aliphatic rings. The summed E-state index contributed by atoms with van der Waals surface area (Å²) < 4.78 is 78.3. The van der Waals surface area contributed by atoms with Crippen molar-refractivity contribution in [2.75, 3.05) is 13.2 Å². The standard InChI is InChI=1S/C29H37F5O2/c1-2-3-4-19-17-35-28(36-18-19)23-11-5-20(6-12-23)24-13-14-25(26(30)15-24)21-7-9-22(10-8-21)27(31)16-29(32,33)34/h2,13-16,19-23,28H,1,3-12,17-18H2. The summed E-state index contributed by atoms with van der Waals surface area (Å²) in [6.45, 7) is 5.24. The zero-order valence-electron chi connectivity index (χ0n) is 20.7. The van der Waals surface area contributed by atoms with Crippen molar-refractivity contribution in [3.63, 3.8) is 0 Å². The molecular weight excluding hydrogens is 475 g/mol. The lowest BCUT2D eigenvalue weighted by atomic mass is 9.76. The summed E-state index contributed by atoms with van der Waals surface area (Å²) in [5.74, 6) is -1.07. The molecule has 0 spiro atoms. The number of alkyl halides is 3. The van der Waals surface area contributed by atoms with Crippen LogP contribution in [-0.2, 0) is 9.47 Å². The number of benzene rings is 1. The van der Waals surface area contributed by atoms with E-state index >= 15 is 4.39 Å². The third-order valence-corrected chi connectivity index (χ3v) is 8.28. The lowest BCUT2D eigenvalue weighted by molar-refractivity contribution is -0.229. The molecule has 0 aromatic heterocycles. The van der Waals surface area contributed by atoms with E-state index in [0.717, 1.165) is 57.3 Å². The topological polar surface area (TPSA) is 18.5 Å². The van der Waals surface area contributed by atoms with Crippen LogP contribution in [0.2, 0.25) is 0 Å². The molecule has 2 nitrogen and oxygen atoms in total. The maximum atomic E-state index is 15.1. The van der Waals surface area contributed by atoms with E-state index in [4.69, 9.17) is 9.47 Å². The van der Waals surface area contributed by atoms with Crippen molar-refractivity contribution >= 4 is 0 Å². The monoisotopic (exact) mass is 512 g/mol. The Hall–Kier alpha value is -1.73. The van der Waals surface area contributed by atoms with E-state index in [0.29, 0.717) is 49.0 Å². The van der Waals surface area contributed by atoms with Crippen LogP contribution in [0.25, 0.3) is 0 Å². The summed E-state index contributed by atoms with van der Waals surface area (Å²) in [5, 5.41) is 0. The molecule has 1 aromatic carbocycles. The zero-order chi connectivity index (χ0) is 25.7. The zero-order valence-corrected chi connectivity index (χ0v) is 20.7. The number of hydrogen-bond acceptors (Lipinski definition) is 2. The Kier molecular flexibility index (Phi) is 9.26. The molecule has 0 amide bonds. The van der Waals surface area contributed by atoms with Crippen LogP contribution in [0.4, 0.5) is 22.0 Å². The molecule has 36 heavy (non-hydrogen) atoms. The first-order valence-corrected chi connectivity index (χ1v) is 13.3. The highest BCUT2D eigenvalue weighted by Gasteiger charge is 2.34. The Bertz CT molecular complexity index is 887. The van der Waals surface area contributed by atoms with Gasteiger partial charge in [-0.1, -0.05) is 18.2 Å². The highest BCUT2D eigenvalue weighted by molar-refractivity contribution is 5.30. The van der Waals surface area contributed by atoms with Crippen LogP contribution in [0, 0.1) is 23.6 Å². The maximum Gasteiger partial charge on any atom is 0.412 e. The van der Waals surface area contributed by atoms with E-state index in [1.54, 1.807) is 6.07 Å². The number of allylic oxidation sites excluding steroid dienone is 3. The Morgan fingerprint density at radius 2 is 1.58 bits per heavy atom. The molecule has 200 valence electrons. The fraction of sp³-hybridized carbons (Fsp3) is 0.655. The lowest BCUT2D eigenvalue weighted by Gasteiger charge is -2.37. The second-order valence-corrected chi connectivity index (χ2v) is 10.8. The summed E-state index contributed by atoms with van der Waals surface area (Å²) in [5.41, 5.74) is 1.60. The molecule has 1 heterocycles. The minimum Gasteiger partial charge on any atom is -0.352 e. The van der Waals surface area contributed by atoms with Crippen molar-refractivity contribution in [1.29, 1.82) is 0 Å². The molecule has 0 unspecified atom stereocenters. The minimum absolute atomic E-state index is 0.0828. The van der Waals surface area contributed by atoms with E-state index < -0.39 is 17.9 Å². The van der Waals surface area contributed by atoms with E-state index in [2.05, 4.69) is 6.58 Å². The molecule has 7 heteroatoms. The first kappa shape index (κ1) is 27.3. The van der Waals surface area contributed by atoms with Crippen molar-refractivity contribution in [1.82, 2.24) is 0 Å². The molecule has 1 aromatic rings. The van der Waals surface area contributed by atoms with Crippen LogP contribution in [0.1, 0.15) is 87.2 Å². The Morgan fingerprint density at radius 1 is 0.944 bits per heavy atom. The van der Waals surface area contributed by atoms with E-state index in [1.807, 2.05) is 18.2 Å². The van der Waals surface area contributed by atoms with Crippen molar-refractivity contribution in [3.8, 4) is 0 Å². The first-order valence-electron chi connectivity index (χ1n) is 13.3. The normalized spacial score (nSPS) is 32.3. The average molecular weight is 513 g/mol. The van der Waals surface area contributed by atoms with Crippen LogP contribution < -0.4 is 0 Å². The second kappa shape index (κ2) is 12.2. The summed E-state index contributed by atoms with van der Waals surface area (Å²) in [4.78, 5) is 0. The molecule has 4 rings (SSSR count). The van der Waals surface area contributed by atoms with Gasteiger partial charge in [0.15, 0.2) is 6.29 Å². The van der Waals surface area contributed by atoms with Crippen molar-refractivity contribution < 1.29 is 31.4 Å². The number of ether oxygens (including phenoxy) is 2. The molecule has 1 aliphatic heterocycles. The SMILES string of the molecule is C=CCCC1COC(C2CCC(c3ccc(C4CCC(C(F)=CC(F)(F)F)CC4)c(F)c3)CC2)OC1. The van der Waals surface area contributed by atoms with Gasteiger partial charge in [0.25, 0.3) is 0 Å². The van der Waals surface area contributed by atoms with Gasteiger partial charge in [-0.25, -0.2) is 8.78 Å². The van der Waals surface area contributed by atoms with Gasteiger partial charge in [0.2, 0.25) is 0 Å². The first-order chi connectivity index (χ1) is 17.2. The van der Waals surface area contributed by atoms with Gasteiger partial charge in [-0.05, 0) is 93.2 Å². The van der Waals surface area contributed by atoms with Gasteiger partial charge >= 0.3 is 6.18 Å². The summed E-state index contributed by atoms with van der Waals surface area (Å²) in [7, 11) is 0. The maximum absolute atomic E-state index is 15.1. The van der Waals surface area contributed by atoms with Crippen molar-refractivity contribution in [2.45, 2.75) is 88.5 Å². The Labute approximate surface area is 210 Å². The molecule has 2 aliphatic carbocycles. The van der Waals surface area contributed by atoms with Crippen LogP contribution in [0.15, 0.2) is 42.8 Å². The molecule has 0 bridgehead atoms. The van der Waals surface area contributed by atoms with Crippen LogP contribution in [0.5, 0.6) is 0 Å². The van der Waals surface area contributed by atoms with Gasteiger partial charge in [-0.2, -0.15) is 13.2 Å². The highest BCUT2D eigenvalue weighted by Crippen LogP contribution is 2.43. The Morgan fingerprint density at radius 3 is 2.17 bits per heavy atom. The van der Waals surface area contributed by atoms with E-state index in [9.17, 15) is 17.6 Å². The summed E-state index contributed by atoms with van der Waals surface area (Å²) in [6, 6.07) is 5.46. The van der Waals surface area contributed by atoms with Gasteiger partial charge in [-0.15, -0.1) is 6.58 Å². The van der Waals surface area contributed by atoms with Crippen LogP contribution >= 0.6 is 0 Å². The van der Waals surface area contributed by atoms with Gasteiger partial charge in [-0.3, -0.25) is 0 Å². The van der Waals surface area contributed by atoms with Gasteiger partial charge in [0.05, 0.1) is 19.3 Å². The van der Waals surface area contributed by atoms with Crippen LogP contribution in [-0.4, -0.2) is 25.7 Å². The third-order valence-electron chi connectivity index (χ3n) is 8.28. The predicted octanol–water partition coefficient (Wildman–Crippen LogP) is 8.74. The molecule has 0 radical (unpaired) electrons. The average Bonchev–Trinajstić information content (AvgIpc) is 2.87. The van der Waals surface area contributed by atoms with Gasteiger partial charge < -0.3 is 9.47 Å². The molecule has 0 atom stereocenters. The second-order valence-electron chi connectivity index (χ2n) is 10.8. The number of halogens is 5. The quantitative estimate of drug-likeness (QED) is 0.269. The fourth-order valence-electron chi connectivity index (χ4n) is 6.16. The smallest absolute Gasteiger partial charge is 0.352 e. The number of rotatable bonds is 7. The van der Waals surface area contributed by atoms with E-state index in [1.165, 1.54) is 0 Å². The molecule has 0 N–H and O–H groups in total. The fourth-order valence-corrected chi connectivity index (χ4v) is 6.16. The highest BCUT2D eigenvalue weighted by atomic mass is 19.4. The third kappa shape index (κ3) is 7.18. The Balaban J connectivity index is 1.26. The number of hydrogen-bond donors (Lipinski definition) is 0. The van der Waals surface area contributed by atoms with Gasteiger partial charge in [0, 0.05) is 17.8 Å². The lowest BCUT2D eigenvalue weighted by Crippen LogP contribution is -2.38. The van der Waals surface area contributed by atoms with Crippen molar-refractivity contribution in [2.24, 2.45) is 17.8 Å². The largest absolute Gasteiger partial charge is 0.412 e. The molecule has 2 saturated carbocycles. The molecule has 1 saturated heterocycles. The van der Waals surface area contributed by atoms with Crippen LogP contribution in [0.3, 0.4) is 0 Å². The minimum atomic E-state index is -4.65. The van der Waals surface area contributed by atoms with Gasteiger partial charge in [0.1, 0.15) is 11.6 Å². The van der Waals surface area contributed by atoms with E-state index in [-0.39, 0.29) is 24.1 Å². The predicted molar refractivity (Wildman–Crippen MR) is 130 cm³/mol. The summed E-state index contributed by atoms with van der Waals surface area (Å²) in [6.07, 6.45) is 4.37.